The van der Waals surface area contributed by atoms with E-state index in [-0.39, 0.29) is 11.4 Å². The quantitative estimate of drug-likeness (QED) is 0.518. The van der Waals surface area contributed by atoms with Crippen molar-refractivity contribution < 1.29 is 9.13 Å². The second-order valence-corrected chi connectivity index (χ2v) is 7.95. The van der Waals surface area contributed by atoms with E-state index in [0.717, 1.165) is 27.8 Å². The van der Waals surface area contributed by atoms with E-state index in [1.807, 2.05) is 0 Å². The smallest absolute Gasteiger partial charge is 0.182 e. The Kier molecular flexibility index (Phi) is 3.02. The molecule has 0 spiro atoms. The Morgan fingerprint density at radius 2 is 2.04 bits per heavy atom. The normalized spacial score (nSPS) is 16.4. The number of ether oxygens (including phenoxy) is 1. The van der Waals surface area contributed by atoms with Crippen LogP contribution in [0.2, 0.25) is 0 Å². The molecule has 4 heterocycles. The van der Waals surface area contributed by atoms with Gasteiger partial charge in [0.2, 0.25) is 0 Å². The molecule has 7 heteroatoms. The minimum Gasteiger partial charge on any atom is -0.370 e. The lowest BCUT2D eigenvalue weighted by Crippen LogP contribution is -2.31. The van der Waals surface area contributed by atoms with Crippen LogP contribution in [0.5, 0.6) is 0 Å². The lowest BCUT2D eigenvalue weighted by atomic mass is 9.94. The van der Waals surface area contributed by atoms with E-state index in [1.165, 1.54) is 22.6 Å². The number of halogens is 1. The molecule has 0 N–H and O–H groups in total. The van der Waals surface area contributed by atoms with Crippen molar-refractivity contribution in [2.75, 3.05) is 0 Å². The van der Waals surface area contributed by atoms with Crippen LogP contribution in [0.15, 0.2) is 30.6 Å². The first-order valence-electron chi connectivity index (χ1n) is 8.06. The molecule has 0 atom stereocenters. The van der Waals surface area contributed by atoms with Gasteiger partial charge in [0.1, 0.15) is 17.0 Å². The average Bonchev–Trinajstić information content (AvgIpc) is 3.15. The van der Waals surface area contributed by atoms with Crippen LogP contribution in [-0.2, 0) is 17.8 Å². The number of thiophene rings is 1. The zero-order valence-corrected chi connectivity index (χ0v) is 14.6. The largest absolute Gasteiger partial charge is 0.370 e. The van der Waals surface area contributed by atoms with Crippen molar-refractivity contribution in [1.29, 1.82) is 0 Å². The van der Waals surface area contributed by atoms with Crippen LogP contribution in [0, 0.1) is 5.82 Å². The van der Waals surface area contributed by atoms with Gasteiger partial charge < -0.3 is 4.74 Å². The molecule has 4 aromatic rings. The van der Waals surface area contributed by atoms with E-state index in [1.54, 1.807) is 34.3 Å². The molecule has 1 aromatic carbocycles. The Labute approximate surface area is 147 Å². The maximum absolute atomic E-state index is 13.2. The predicted octanol–water partition coefficient (Wildman–Crippen LogP) is 4.00. The van der Waals surface area contributed by atoms with Gasteiger partial charge in [0.25, 0.3) is 0 Å². The second kappa shape index (κ2) is 5.06. The minimum atomic E-state index is -0.272. The Bertz CT molecular complexity index is 1110. The van der Waals surface area contributed by atoms with Crippen molar-refractivity contribution in [3.05, 3.63) is 46.9 Å². The molecular weight excluding hydrogens is 339 g/mol. The standard InChI is InChI=1S/C18H15FN4OS/c1-18(2)7-12-13(8-24-18)25-17-14(12)16-21-15(22-23(16)9-20-17)10-3-5-11(19)6-4-10/h3-6,9H,7-8H2,1-2H3. The lowest BCUT2D eigenvalue weighted by molar-refractivity contribution is -0.0379. The SMILES string of the molecule is CC1(C)Cc2c(sc3ncn4nc(-c5ccc(F)cc5)nc4c23)CO1. The highest BCUT2D eigenvalue weighted by molar-refractivity contribution is 7.19. The van der Waals surface area contributed by atoms with E-state index in [2.05, 4.69) is 23.9 Å². The van der Waals surface area contributed by atoms with E-state index in [9.17, 15) is 4.39 Å². The summed E-state index contributed by atoms with van der Waals surface area (Å²) in [6.45, 7) is 4.80. The predicted molar refractivity (Wildman–Crippen MR) is 94.1 cm³/mol. The van der Waals surface area contributed by atoms with Crippen LogP contribution in [-0.4, -0.2) is 25.2 Å². The van der Waals surface area contributed by atoms with Crippen molar-refractivity contribution >= 4 is 27.2 Å². The van der Waals surface area contributed by atoms with Gasteiger partial charge in [-0.1, -0.05) is 0 Å². The molecule has 126 valence electrons. The summed E-state index contributed by atoms with van der Waals surface area (Å²) in [6, 6.07) is 6.21. The molecule has 25 heavy (non-hydrogen) atoms. The van der Waals surface area contributed by atoms with E-state index in [4.69, 9.17) is 9.72 Å². The van der Waals surface area contributed by atoms with Gasteiger partial charge in [-0.3, -0.25) is 0 Å². The van der Waals surface area contributed by atoms with Gasteiger partial charge in [-0.15, -0.1) is 16.4 Å². The number of nitrogens with zero attached hydrogens (tertiary/aromatic N) is 4. The summed E-state index contributed by atoms with van der Waals surface area (Å²) in [6.07, 6.45) is 2.51. The minimum absolute atomic E-state index is 0.201. The summed E-state index contributed by atoms with van der Waals surface area (Å²) >= 11 is 1.66. The number of benzene rings is 1. The zero-order chi connectivity index (χ0) is 17.2. The summed E-state index contributed by atoms with van der Waals surface area (Å²) in [7, 11) is 0. The van der Waals surface area contributed by atoms with Crippen LogP contribution in [0.1, 0.15) is 24.3 Å². The Balaban J connectivity index is 1.75. The van der Waals surface area contributed by atoms with Gasteiger partial charge in [-0.25, -0.2) is 18.9 Å². The fraction of sp³-hybridized carbons (Fsp3) is 0.278. The molecule has 0 unspecified atom stereocenters. The first-order valence-corrected chi connectivity index (χ1v) is 8.87. The third kappa shape index (κ3) is 2.34. The maximum atomic E-state index is 13.2. The number of fused-ring (bicyclic) bond motifs is 5. The van der Waals surface area contributed by atoms with Gasteiger partial charge >= 0.3 is 0 Å². The third-order valence-corrected chi connectivity index (χ3v) is 5.62. The highest BCUT2D eigenvalue weighted by atomic mass is 32.1. The fourth-order valence-corrected chi connectivity index (χ4v) is 4.33. The molecule has 0 saturated heterocycles. The maximum Gasteiger partial charge on any atom is 0.182 e. The van der Waals surface area contributed by atoms with E-state index < -0.39 is 0 Å². The molecule has 5 nitrogen and oxygen atoms in total. The number of rotatable bonds is 1. The van der Waals surface area contributed by atoms with Gasteiger partial charge in [-0.2, -0.15) is 0 Å². The molecule has 0 amide bonds. The molecule has 1 aliphatic rings. The highest BCUT2D eigenvalue weighted by Gasteiger charge is 2.30. The summed E-state index contributed by atoms with van der Waals surface area (Å²) in [5, 5.41) is 5.58. The van der Waals surface area contributed by atoms with E-state index in [0.29, 0.717) is 12.4 Å². The average molecular weight is 354 g/mol. The Morgan fingerprint density at radius 3 is 2.84 bits per heavy atom. The Hall–Kier alpha value is -2.38. The van der Waals surface area contributed by atoms with Crippen LogP contribution >= 0.6 is 11.3 Å². The summed E-state index contributed by atoms with van der Waals surface area (Å²) < 4.78 is 20.8. The summed E-state index contributed by atoms with van der Waals surface area (Å²) in [5.41, 5.74) is 2.63. The van der Waals surface area contributed by atoms with Gasteiger partial charge in [0.05, 0.1) is 17.6 Å². The second-order valence-electron chi connectivity index (χ2n) is 6.86. The molecule has 0 saturated carbocycles. The molecular formula is C18H15FN4OS. The van der Waals surface area contributed by atoms with Crippen LogP contribution in [0.25, 0.3) is 27.3 Å². The van der Waals surface area contributed by atoms with Crippen molar-refractivity contribution in [2.24, 2.45) is 0 Å². The molecule has 0 radical (unpaired) electrons. The highest BCUT2D eigenvalue weighted by Crippen LogP contribution is 2.39. The van der Waals surface area contributed by atoms with Crippen molar-refractivity contribution in [3.63, 3.8) is 0 Å². The van der Waals surface area contributed by atoms with Crippen molar-refractivity contribution in [1.82, 2.24) is 19.6 Å². The number of hydrogen-bond acceptors (Lipinski definition) is 5. The lowest BCUT2D eigenvalue weighted by Gasteiger charge is -2.30. The third-order valence-electron chi connectivity index (χ3n) is 4.51. The molecule has 0 fully saturated rings. The molecule has 0 aliphatic carbocycles. The van der Waals surface area contributed by atoms with Gasteiger partial charge in [-0.05, 0) is 43.7 Å². The molecule has 5 rings (SSSR count). The zero-order valence-electron chi connectivity index (χ0n) is 13.8. The Morgan fingerprint density at radius 1 is 1.24 bits per heavy atom. The first-order chi connectivity index (χ1) is 12.0. The van der Waals surface area contributed by atoms with Gasteiger partial charge in [0.15, 0.2) is 11.5 Å². The summed E-state index contributed by atoms with van der Waals surface area (Å²) in [4.78, 5) is 11.4. The van der Waals surface area contributed by atoms with Gasteiger partial charge in [0, 0.05) is 16.9 Å². The molecule has 3 aromatic heterocycles. The van der Waals surface area contributed by atoms with Crippen LogP contribution < -0.4 is 0 Å². The van der Waals surface area contributed by atoms with Crippen molar-refractivity contribution in [2.45, 2.75) is 32.5 Å². The number of aromatic nitrogens is 4. The molecule has 0 bridgehead atoms. The fourth-order valence-electron chi connectivity index (χ4n) is 3.26. The summed E-state index contributed by atoms with van der Waals surface area (Å²) in [5.74, 6) is 0.297. The van der Waals surface area contributed by atoms with Crippen LogP contribution in [0.4, 0.5) is 4.39 Å². The monoisotopic (exact) mass is 354 g/mol. The van der Waals surface area contributed by atoms with E-state index >= 15 is 0 Å². The number of hydrogen-bond donors (Lipinski definition) is 0. The topological polar surface area (TPSA) is 52.3 Å². The first kappa shape index (κ1) is 14.9. The molecule has 1 aliphatic heterocycles. The van der Waals surface area contributed by atoms with Crippen molar-refractivity contribution in [3.8, 4) is 11.4 Å². The van der Waals surface area contributed by atoms with Crippen LogP contribution in [0.3, 0.4) is 0 Å².